The van der Waals surface area contributed by atoms with Gasteiger partial charge in [0.1, 0.15) is 6.04 Å². The minimum absolute atomic E-state index is 0.0221. The van der Waals surface area contributed by atoms with Crippen molar-refractivity contribution in [2.45, 2.75) is 18.9 Å². The standard InChI is InChI=1S/C30H31N5O7/c36-19-18-33(16-14-21-6-2-1-3-7-21)30(40)32-26(20-22-10-12-23(13-11-22)35(41)42)27(37)31-15-17-34-28(38)24-8-4-5-9-25(24)29(34)39/h1-13,26,36H,14-20H2,(H,31,37)(H,32,40). The monoisotopic (exact) mass is 573 g/mol. The van der Waals surface area contributed by atoms with E-state index < -0.39 is 34.7 Å². The number of nitrogens with one attached hydrogen (secondary N) is 2. The summed E-state index contributed by atoms with van der Waals surface area (Å²) in [6.45, 7) is -0.0523. The second-order valence-corrected chi connectivity index (χ2v) is 9.67. The van der Waals surface area contributed by atoms with Gasteiger partial charge in [-0.15, -0.1) is 0 Å². The van der Waals surface area contributed by atoms with Gasteiger partial charge in [0.25, 0.3) is 17.5 Å². The first-order chi connectivity index (χ1) is 20.3. The molecule has 1 atom stereocenters. The third kappa shape index (κ3) is 7.34. The average Bonchev–Trinajstić information content (AvgIpc) is 3.24. The summed E-state index contributed by atoms with van der Waals surface area (Å²) in [5, 5.41) is 26.0. The van der Waals surface area contributed by atoms with E-state index in [9.17, 15) is 34.4 Å². The Morgan fingerprint density at radius 2 is 1.50 bits per heavy atom. The lowest BCUT2D eigenvalue weighted by Crippen LogP contribution is -2.53. The van der Waals surface area contributed by atoms with Crippen molar-refractivity contribution in [3.63, 3.8) is 0 Å². The molecule has 0 saturated heterocycles. The van der Waals surface area contributed by atoms with E-state index in [1.165, 1.54) is 29.2 Å². The second-order valence-electron chi connectivity index (χ2n) is 9.67. The Hall–Kier alpha value is -5.10. The summed E-state index contributed by atoms with van der Waals surface area (Å²) < 4.78 is 0. The largest absolute Gasteiger partial charge is 0.395 e. The third-order valence-electron chi connectivity index (χ3n) is 6.88. The molecule has 0 spiro atoms. The summed E-state index contributed by atoms with van der Waals surface area (Å²) in [4.78, 5) is 64.8. The highest BCUT2D eigenvalue weighted by molar-refractivity contribution is 6.21. The highest BCUT2D eigenvalue weighted by atomic mass is 16.6. The molecule has 1 aliphatic rings. The summed E-state index contributed by atoms with van der Waals surface area (Å²) in [5.41, 5.74) is 2.06. The molecule has 5 amide bonds. The molecular weight excluding hydrogens is 542 g/mol. The van der Waals surface area contributed by atoms with Gasteiger partial charge in [-0.05, 0) is 29.7 Å². The van der Waals surface area contributed by atoms with Gasteiger partial charge < -0.3 is 20.6 Å². The molecule has 0 radical (unpaired) electrons. The molecule has 0 aromatic heterocycles. The Bertz CT molecular complexity index is 1410. The summed E-state index contributed by atoms with van der Waals surface area (Å²) in [6.07, 6.45) is 0.558. The maximum absolute atomic E-state index is 13.3. The van der Waals surface area contributed by atoms with E-state index in [2.05, 4.69) is 10.6 Å². The fourth-order valence-corrected chi connectivity index (χ4v) is 4.64. The van der Waals surface area contributed by atoms with Gasteiger partial charge in [-0.3, -0.25) is 29.4 Å². The Kier molecular flexibility index (Phi) is 9.95. The maximum atomic E-state index is 13.3. The molecule has 3 aromatic carbocycles. The van der Waals surface area contributed by atoms with Crippen LogP contribution < -0.4 is 10.6 Å². The van der Waals surface area contributed by atoms with Crippen LogP contribution in [0.3, 0.4) is 0 Å². The third-order valence-corrected chi connectivity index (χ3v) is 6.88. The number of non-ortho nitro benzene ring substituents is 1. The number of amides is 5. The molecule has 3 N–H and O–H groups in total. The molecule has 12 heteroatoms. The number of rotatable bonds is 13. The first kappa shape index (κ1) is 29.9. The van der Waals surface area contributed by atoms with Gasteiger partial charge in [0.2, 0.25) is 5.91 Å². The molecule has 0 aliphatic carbocycles. The smallest absolute Gasteiger partial charge is 0.318 e. The van der Waals surface area contributed by atoms with Crippen molar-refractivity contribution in [2.24, 2.45) is 0 Å². The number of imide groups is 1. The van der Waals surface area contributed by atoms with E-state index >= 15 is 0 Å². The van der Waals surface area contributed by atoms with E-state index in [0.29, 0.717) is 29.7 Å². The van der Waals surface area contributed by atoms with Crippen LogP contribution in [0, 0.1) is 10.1 Å². The predicted molar refractivity (Wildman–Crippen MR) is 153 cm³/mol. The SMILES string of the molecule is O=C(NCCN1C(=O)c2ccccc2C1=O)C(Cc1ccc([N+](=O)[O-])cc1)NC(=O)N(CCO)CCc1ccccc1. The maximum Gasteiger partial charge on any atom is 0.318 e. The molecule has 3 aromatic rings. The van der Waals surface area contributed by atoms with E-state index in [1.54, 1.807) is 24.3 Å². The first-order valence-electron chi connectivity index (χ1n) is 13.4. The van der Waals surface area contributed by atoms with Crippen LogP contribution in [0.15, 0.2) is 78.9 Å². The zero-order chi connectivity index (χ0) is 30.1. The molecular formula is C30H31N5O7. The number of aliphatic hydroxyl groups excluding tert-OH is 1. The average molecular weight is 574 g/mol. The van der Waals surface area contributed by atoms with Gasteiger partial charge in [-0.1, -0.05) is 54.6 Å². The van der Waals surface area contributed by atoms with Crippen molar-refractivity contribution in [3.05, 3.63) is 111 Å². The van der Waals surface area contributed by atoms with Crippen LogP contribution in [0.5, 0.6) is 0 Å². The molecule has 218 valence electrons. The quantitative estimate of drug-likeness (QED) is 0.160. The van der Waals surface area contributed by atoms with Crippen LogP contribution in [0.1, 0.15) is 31.8 Å². The van der Waals surface area contributed by atoms with Crippen molar-refractivity contribution in [1.82, 2.24) is 20.4 Å². The van der Waals surface area contributed by atoms with E-state index in [0.717, 1.165) is 10.5 Å². The Labute approximate surface area is 242 Å². The number of benzene rings is 3. The molecule has 0 saturated carbocycles. The van der Waals surface area contributed by atoms with Gasteiger partial charge in [-0.25, -0.2) is 4.79 Å². The van der Waals surface area contributed by atoms with Crippen LogP contribution in [0.4, 0.5) is 10.5 Å². The Morgan fingerprint density at radius 1 is 0.881 bits per heavy atom. The van der Waals surface area contributed by atoms with Gasteiger partial charge in [0.05, 0.1) is 22.7 Å². The summed E-state index contributed by atoms with van der Waals surface area (Å²) >= 11 is 0. The molecule has 1 unspecified atom stereocenters. The van der Waals surface area contributed by atoms with E-state index in [1.807, 2.05) is 30.3 Å². The minimum Gasteiger partial charge on any atom is -0.395 e. The number of aliphatic hydroxyl groups is 1. The van der Waals surface area contributed by atoms with Gasteiger partial charge in [0.15, 0.2) is 0 Å². The van der Waals surface area contributed by atoms with Crippen LogP contribution in [0.2, 0.25) is 0 Å². The normalized spacial score (nSPS) is 12.9. The predicted octanol–water partition coefficient (Wildman–Crippen LogP) is 2.16. The lowest BCUT2D eigenvalue weighted by Gasteiger charge is -2.26. The van der Waals surface area contributed by atoms with Crippen molar-refractivity contribution < 1.29 is 29.2 Å². The summed E-state index contributed by atoms with van der Waals surface area (Å²) in [5.74, 6) is -1.46. The van der Waals surface area contributed by atoms with Crippen molar-refractivity contribution >= 4 is 29.4 Å². The molecule has 0 fully saturated rings. The Balaban J connectivity index is 1.43. The van der Waals surface area contributed by atoms with Crippen LogP contribution in [-0.4, -0.2) is 82.4 Å². The topological polar surface area (TPSA) is 162 Å². The highest BCUT2D eigenvalue weighted by Gasteiger charge is 2.35. The fourth-order valence-electron chi connectivity index (χ4n) is 4.64. The zero-order valence-corrected chi connectivity index (χ0v) is 22.8. The minimum atomic E-state index is -1.08. The van der Waals surface area contributed by atoms with Gasteiger partial charge >= 0.3 is 6.03 Å². The second kappa shape index (κ2) is 14.0. The number of urea groups is 1. The number of nitrogens with zero attached hydrogens (tertiary/aromatic N) is 3. The molecule has 4 rings (SSSR count). The summed E-state index contributed by atoms with van der Waals surface area (Å²) in [7, 11) is 0. The number of fused-ring (bicyclic) bond motifs is 1. The highest BCUT2D eigenvalue weighted by Crippen LogP contribution is 2.21. The molecule has 0 bridgehead atoms. The number of hydrogen-bond donors (Lipinski definition) is 3. The van der Waals surface area contributed by atoms with E-state index in [4.69, 9.17) is 0 Å². The Morgan fingerprint density at radius 3 is 2.10 bits per heavy atom. The van der Waals surface area contributed by atoms with Gasteiger partial charge in [0, 0.05) is 44.7 Å². The van der Waals surface area contributed by atoms with Gasteiger partial charge in [-0.2, -0.15) is 0 Å². The fraction of sp³-hybridized carbons (Fsp3) is 0.267. The number of hydrogen-bond acceptors (Lipinski definition) is 7. The number of carbonyl (C=O) groups excluding carboxylic acids is 4. The molecule has 42 heavy (non-hydrogen) atoms. The first-order valence-corrected chi connectivity index (χ1v) is 13.4. The van der Waals surface area contributed by atoms with Crippen LogP contribution in [0.25, 0.3) is 0 Å². The zero-order valence-electron chi connectivity index (χ0n) is 22.8. The van der Waals surface area contributed by atoms with Crippen molar-refractivity contribution in [3.8, 4) is 0 Å². The molecule has 12 nitrogen and oxygen atoms in total. The van der Waals surface area contributed by atoms with Crippen LogP contribution in [-0.2, 0) is 17.6 Å². The number of nitro benzene ring substituents is 1. The lowest BCUT2D eigenvalue weighted by atomic mass is 10.0. The molecule has 1 heterocycles. The summed E-state index contributed by atoms with van der Waals surface area (Å²) in [6, 6.07) is 20.0. The molecule has 1 aliphatic heterocycles. The van der Waals surface area contributed by atoms with Crippen molar-refractivity contribution in [2.75, 3.05) is 32.8 Å². The lowest BCUT2D eigenvalue weighted by molar-refractivity contribution is -0.384. The number of nitro groups is 1. The van der Waals surface area contributed by atoms with Crippen molar-refractivity contribution in [1.29, 1.82) is 0 Å². The number of carbonyl (C=O) groups is 4. The van der Waals surface area contributed by atoms with E-state index in [-0.39, 0.29) is 38.3 Å². The van der Waals surface area contributed by atoms with Crippen LogP contribution >= 0.6 is 0 Å².